The van der Waals surface area contributed by atoms with Crippen molar-refractivity contribution in [3.63, 3.8) is 0 Å². The molecule has 0 aliphatic carbocycles. The number of nitrogens with zero attached hydrogens (tertiary/aromatic N) is 2. The smallest absolute Gasteiger partial charge is 0.325 e. The molecule has 1 aliphatic heterocycles. The molecule has 0 spiro atoms. The lowest BCUT2D eigenvalue weighted by molar-refractivity contribution is -0.146. The van der Waals surface area contributed by atoms with Crippen LogP contribution in [0.2, 0.25) is 0 Å². The number of carbonyl (C=O) groups excluding carboxylic acids is 1. The summed E-state index contributed by atoms with van der Waals surface area (Å²) in [5.74, 6) is -1.13. The molecule has 1 aromatic carbocycles. The van der Waals surface area contributed by atoms with Crippen LogP contribution in [0.1, 0.15) is 11.3 Å². The molecule has 2 heterocycles. The molecule has 1 N–H and O–H groups in total. The first kappa shape index (κ1) is 17.7. The largest absolute Gasteiger partial charge is 0.409 e. The zero-order valence-corrected chi connectivity index (χ0v) is 14.3. The van der Waals surface area contributed by atoms with Crippen LogP contribution in [-0.4, -0.2) is 28.1 Å². The highest BCUT2D eigenvalue weighted by Gasteiger charge is 2.46. The van der Waals surface area contributed by atoms with Crippen molar-refractivity contribution in [1.29, 1.82) is 0 Å². The Balaban J connectivity index is 1.67. The minimum absolute atomic E-state index is 0.175. The van der Waals surface area contributed by atoms with E-state index in [9.17, 15) is 18.0 Å². The summed E-state index contributed by atoms with van der Waals surface area (Å²) in [6.07, 6.45) is -4.51. The Morgan fingerprint density at radius 3 is 2.56 bits per heavy atom. The number of halogens is 3. The van der Waals surface area contributed by atoms with Gasteiger partial charge >= 0.3 is 6.18 Å². The number of amides is 1. The molecular weight excluding hydrogens is 371 g/mol. The summed E-state index contributed by atoms with van der Waals surface area (Å²) in [6, 6.07) is 11.7. The molecule has 130 valence electrons. The molecule has 9 heteroatoms. The van der Waals surface area contributed by atoms with Gasteiger partial charge in [-0.1, -0.05) is 36.0 Å². The zero-order valence-electron chi connectivity index (χ0n) is 12.7. The van der Waals surface area contributed by atoms with Crippen LogP contribution in [0.5, 0.6) is 0 Å². The lowest BCUT2D eigenvalue weighted by Crippen LogP contribution is -2.38. The van der Waals surface area contributed by atoms with E-state index in [1.165, 1.54) is 23.5 Å². The van der Waals surface area contributed by atoms with Crippen LogP contribution in [0.3, 0.4) is 0 Å². The number of anilines is 1. The van der Waals surface area contributed by atoms with Crippen LogP contribution >= 0.6 is 23.1 Å². The molecule has 1 amide bonds. The van der Waals surface area contributed by atoms with E-state index in [2.05, 4.69) is 15.5 Å². The third-order valence-electron chi connectivity index (χ3n) is 3.24. The number of carbonyl (C=O) groups is 1. The molecule has 0 radical (unpaired) electrons. The fourth-order valence-corrected chi connectivity index (χ4v) is 3.70. The summed E-state index contributed by atoms with van der Waals surface area (Å²) in [5.41, 5.74) is 0.924. The van der Waals surface area contributed by atoms with E-state index in [0.29, 0.717) is 23.2 Å². The molecule has 1 aliphatic rings. The molecule has 0 saturated carbocycles. The number of rotatable bonds is 4. The number of hydrogen-bond acceptors (Lipinski definition) is 5. The molecule has 0 bridgehead atoms. The van der Waals surface area contributed by atoms with Crippen LogP contribution in [0.4, 0.5) is 18.9 Å². The Hall–Kier alpha value is -2.13. The molecule has 0 saturated heterocycles. The topological polar surface area (TPSA) is 53.8 Å². The van der Waals surface area contributed by atoms with E-state index in [-0.39, 0.29) is 11.5 Å². The van der Waals surface area contributed by atoms with E-state index in [1.54, 1.807) is 18.2 Å². The summed E-state index contributed by atoms with van der Waals surface area (Å²) in [7, 11) is 0. The van der Waals surface area contributed by atoms with Gasteiger partial charge in [0.25, 0.3) is 0 Å². The molecule has 0 fully saturated rings. The van der Waals surface area contributed by atoms with E-state index in [1.807, 2.05) is 17.5 Å². The van der Waals surface area contributed by atoms with Gasteiger partial charge in [0, 0.05) is 12.1 Å². The Kier molecular flexibility index (Phi) is 5.24. The summed E-state index contributed by atoms with van der Waals surface area (Å²) < 4.78 is 40.0. The second-order valence-electron chi connectivity index (χ2n) is 5.09. The van der Waals surface area contributed by atoms with Crippen LogP contribution in [0, 0.1) is 0 Å². The summed E-state index contributed by atoms with van der Waals surface area (Å²) in [4.78, 5) is 13.0. The van der Waals surface area contributed by atoms with E-state index in [4.69, 9.17) is 0 Å². The lowest BCUT2D eigenvalue weighted by Gasteiger charge is -2.19. The quantitative estimate of drug-likeness (QED) is 0.842. The van der Waals surface area contributed by atoms with Gasteiger partial charge in [0.15, 0.2) is 5.25 Å². The number of benzene rings is 1. The van der Waals surface area contributed by atoms with Crippen molar-refractivity contribution in [2.24, 2.45) is 10.2 Å². The molecule has 1 aromatic heterocycles. The number of para-hydroxylation sites is 1. The van der Waals surface area contributed by atoms with Gasteiger partial charge < -0.3 is 5.32 Å². The zero-order chi connectivity index (χ0) is 17.9. The first-order valence-corrected chi connectivity index (χ1v) is 8.96. The molecule has 1 unspecified atom stereocenters. The van der Waals surface area contributed by atoms with Gasteiger partial charge in [0.05, 0.1) is 10.6 Å². The van der Waals surface area contributed by atoms with Crippen molar-refractivity contribution in [2.45, 2.75) is 17.8 Å². The molecular formula is C16H12F3N3OS2. The molecule has 1 atom stereocenters. The highest BCUT2D eigenvalue weighted by atomic mass is 32.2. The number of hydrogen-bond donors (Lipinski definition) is 1. The van der Waals surface area contributed by atoms with E-state index >= 15 is 0 Å². The van der Waals surface area contributed by atoms with E-state index in [0.717, 1.165) is 4.88 Å². The minimum atomic E-state index is -4.70. The third kappa shape index (κ3) is 4.49. The predicted octanol–water partition coefficient (Wildman–Crippen LogP) is 4.56. The van der Waals surface area contributed by atoms with Crippen molar-refractivity contribution in [1.82, 2.24) is 0 Å². The maximum absolute atomic E-state index is 13.3. The standard InChI is InChI=1S/C16H12F3N3OS2/c17-16(18,19)14(15(23)20-10-5-2-1-3-6-10)25-13-9-11(21-22-13)12-7-4-8-24-12/h1-8,14H,9H2,(H,20,23). The summed E-state index contributed by atoms with van der Waals surface area (Å²) >= 11 is 1.83. The second kappa shape index (κ2) is 7.40. The summed E-state index contributed by atoms with van der Waals surface area (Å²) in [5, 5.41) is 9.82. The van der Waals surface area contributed by atoms with Gasteiger partial charge in [-0.2, -0.15) is 18.3 Å². The fraction of sp³-hybridized carbons (Fsp3) is 0.188. The Labute approximate surface area is 149 Å². The second-order valence-corrected chi connectivity index (χ2v) is 7.22. The van der Waals surface area contributed by atoms with Crippen LogP contribution < -0.4 is 5.32 Å². The van der Waals surface area contributed by atoms with Crippen molar-refractivity contribution < 1.29 is 18.0 Å². The lowest BCUT2D eigenvalue weighted by atomic mass is 10.2. The normalized spacial score (nSPS) is 15.5. The van der Waals surface area contributed by atoms with Crippen LogP contribution in [-0.2, 0) is 4.79 Å². The SMILES string of the molecule is O=C(Nc1ccccc1)C(SC1=NN=C(c2cccs2)C1)C(F)(F)F. The maximum Gasteiger partial charge on any atom is 0.409 e. The van der Waals surface area contributed by atoms with Gasteiger partial charge in [0.1, 0.15) is 5.04 Å². The maximum atomic E-state index is 13.3. The molecule has 3 rings (SSSR count). The average Bonchev–Trinajstić information content (AvgIpc) is 3.23. The average molecular weight is 383 g/mol. The van der Waals surface area contributed by atoms with Gasteiger partial charge in [-0.3, -0.25) is 4.79 Å². The summed E-state index contributed by atoms with van der Waals surface area (Å²) in [6.45, 7) is 0. The monoisotopic (exact) mass is 383 g/mol. The number of nitrogens with one attached hydrogen (secondary N) is 1. The van der Waals surface area contributed by atoms with Gasteiger partial charge in [-0.25, -0.2) is 0 Å². The Morgan fingerprint density at radius 2 is 1.92 bits per heavy atom. The third-order valence-corrected chi connectivity index (χ3v) is 5.37. The van der Waals surface area contributed by atoms with Crippen molar-refractivity contribution in [3.8, 4) is 0 Å². The highest BCUT2D eigenvalue weighted by molar-refractivity contribution is 8.15. The van der Waals surface area contributed by atoms with Gasteiger partial charge in [0.2, 0.25) is 5.91 Å². The van der Waals surface area contributed by atoms with E-state index < -0.39 is 17.3 Å². The molecule has 4 nitrogen and oxygen atoms in total. The Morgan fingerprint density at radius 1 is 1.16 bits per heavy atom. The molecule has 2 aromatic rings. The highest BCUT2D eigenvalue weighted by Crippen LogP contribution is 2.34. The number of alkyl halides is 3. The van der Waals surface area contributed by atoms with Crippen molar-refractivity contribution in [3.05, 3.63) is 52.7 Å². The molecule has 25 heavy (non-hydrogen) atoms. The minimum Gasteiger partial charge on any atom is -0.325 e. The van der Waals surface area contributed by atoms with Crippen LogP contribution in [0.25, 0.3) is 0 Å². The van der Waals surface area contributed by atoms with Crippen LogP contribution in [0.15, 0.2) is 58.0 Å². The first-order chi connectivity index (χ1) is 11.9. The predicted molar refractivity (Wildman–Crippen MR) is 95.4 cm³/mol. The van der Waals surface area contributed by atoms with Crippen molar-refractivity contribution >= 4 is 45.4 Å². The van der Waals surface area contributed by atoms with Gasteiger partial charge in [-0.05, 0) is 23.6 Å². The Bertz CT molecular complexity index is 802. The number of thiophene rings is 1. The fourth-order valence-electron chi connectivity index (χ4n) is 2.11. The first-order valence-electron chi connectivity index (χ1n) is 7.20. The number of thioether (sulfide) groups is 1. The van der Waals surface area contributed by atoms with Crippen molar-refractivity contribution in [2.75, 3.05) is 5.32 Å². The van der Waals surface area contributed by atoms with Gasteiger partial charge in [-0.15, -0.1) is 16.4 Å².